The van der Waals surface area contributed by atoms with Gasteiger partial charge in [-0.15, -0.1) is 6.58 Å². The molecule has 1 unspecified atom stereocenters. The molecule has 6 atom stereocenters. The molecule has 278 valence electrons. The Labute approximate surface area is 298 Å². The van der Waals surface area contributed by atoms with Crippen LogP contribution in [0.15, 0.2) is 43.1 Å². The average Bonchev–Trinajstić information content (AvgIpc) is 4.03. The molecule has 51 heavy (non-hydrogen) atoms. The number of nitrogens with zero attached hydrogens (tertiary/aromatic N) is 2. The van der Waals surface area contributed by atoms with E-state index in [0.29, 0.717) is 30.4 Å². The number of rotatable bonds is 15. The van der Waals surface area contributed by atoms with E-state index in [2.05, 4.69) is 32.2 Å². The van der Waals surface area contributed by atoms with Gasteiger partial charge in [0.05, 0.1) is 25.0 Å². The first-order valence-electron chi connectivity index (χ1n) is 17.1. The molecule has 1 aromatic carbocycles. The van der Waals surface area contributed by atoms with Gasteiger partial charge in [-0.25, -0.2) is 18.2 Å². The van der Waals surface area contributed by atoms with Gasteiger partial charge < -0.3 is 35.1 Å². The Morgan fingerprint density at radius 1 is 1.18 bits per heavy atom. The molecule has 2 aliphatic carbocycles. The summed E-state index contributed by atoms with van der Waals surface area (Å²) in [6, 6.07) is 4.24. The van der Waals surface area contributed by atoms with Crippen molar-refractivity contribution in [2.75, 3.05) is 20.8 Å². The van der Waals surface area contributed by atoms with Crippen LogP contribution in [0.25, 0.3) is 10.8 Å². The molecule has 1 aromatic heterocycles. The molecule has 0 spiro atoms. The van der Waals surface area contributed by atoms with E-state index in [1.165, 1.54) is 18.1 Å². The largest absolute Gasteiger partial charge is 0.497 e. The zero-order valence-corrected chi connectivity index (χ0v) is 30.7. The van der Waals surface area contributed by atoms with Crippen molar-refractivity contribution in [2.24, 2.45) is 5.92 Å². The van der Waals surface area contributed by atoms with Crippen LogP contribution in [0.5, 0.6) is 11.6 Å². The van der Waals surface area contributed by atoms with Crippen LogP contribution in [0.3, 0.4) is 0 Å². The van der Waals surface area contributed by atoms with Gasteiger partial charge in [-0.1, -0.05) is 13.0 Å². The quantitative estimate of drug-likeness (QED) is 0.198. The highest BCUT2D eigenvalue weighted by Crippen LogP contribution is 2.45. The summed E-state index contributed by atoms with van der Waals surface area (Å²) in [6.45, 7) is 10.9. The first-order chi connectivity index (χ1) is 24.1. The third-order valence-corrected chi connectivity index (χ3v) is 11.9. The van der Waals surface area contributed by atoms with Crippen LogP contribution in [-0.2, 0) is 29.1 Å². The summed E-state index contributed by atoms with van der Waals surface area (Å²) in [5, 5.41) is 9.19. The second kappa shape index (κ2) is 14.7. The van der Waals surface area contributed by atoms with Crippen LogP contribution in [0, 0.1) is 5.92 Å². The Bertz CT molecular complexity index is 1800. The Morgan fingerprint density at radius 3 is 2.51 bits per heavy atom. The molecule has 1 aliphatic heterocycles. The number of fused-ring (bicyclic) bond motifs is 1. The Balaban J connectivity index is 1.43. The van der Waals surface area contributed by atoms with E-state index in [9.17, 15) is 27.6 Å². The highest BCUT2D eigenvalue weighted by molar-refractivity contribution is 7.91. The van der Waals surface area contributed by atoms with Crippen LogP contribution >= 0.6 is 0 Å². The van der Waals surface area contributed by atoms with Crippen molar-refractivity contribution >= 4 is 44.5 Å². The minimum Gasteiger partial charge on any atom is -0.497 e. The highest BCUT2D eigenvalue weighted by atomic mass is 32.2. The summed E-state index contributed by atoms with van der Waals surface area (Å²) in [5.41, 5.74) is -2.12. The van der Waals surface area contributed by atoms with Gasteiger partial charge >= 0.3 is 6.03 Å². The zero-order chi connectivity index (χ0) is 37.3. The Kier molecular flexibility index (Phi) is 10.9. The van der Waals surface area contributed by atoms with E-state index < -0.39 is 80.3 Å². The molecule has 0 radical (unpaired) electrons. The summed E-state index contributed by atoms with van der Waals surface area (Å²) in [4.78, 5) is 60.8. The summed E-state index contributed by atoms with van der Waals surface area (Å²) >= 11 is 0. The molecule has 2 heterocycles. The number of methoxy groups -OCH3 is 2. The van der Waals surface area contributed by atoms with Crippen LogP contribution in [0.1, 0.15) is 59.8 Å². The second-order valence-corrected chi connectivity index (χ2v) is 16.1. The fraction of sp³-hybridized carbons (Fsp3) is 0.571. The first kappa shape index (κ1) is 37.8. The van der Waals surface area contributed by atoms with Crippen molar-refractivity contribution < 1.29 is 41.8 Å². The second-order valence-electron chi connectivity index (χ2n) is 14.1. The predicted octanol–water partition coefficient (Wildman–Crippen LogP) is 2.15. The molecule has 3 aliphatic rings. The van der Waals surface area contributed by atoms with Gasteiger partial charge in [-0.05, 0) is 76.1 Å². The van der Waals surface area contributed by atoms with E-state index >= 15 is 0 Å². The number of likely N-dealkylation sites (tertiary alicyclic amines) is 1. The number of pyridine rings is 1. The molecule has 16 heteroatoms. The lowest BCUT2D eigenvalue weighted by molar-refractivity contribution is -0.143. The SMILES string of the molecule is C=C[C@@H]1C[C@]1(NC(=O)[C@@H]1C[C@@H](Oc2nccc3cc(OC)ccc23)CN1C(=O)C(NC(=O)NC(C)(C)CC)[C@H](C)OC)C(=O)NS(=O)(=O)C1CC1. The lowest BCUT2D eigenvalue weighted by atomic mass is 10.0. The van der Waals surface area contributed by atoms with Gasteiger partial charge in [0.15, 0.2) is 0 Å². The van der Waals surface area contributed by atoms with Crippen molar-refractivity contribution in [3.63, 3.8) is 0 Å². The number of benzene rings is 1. The molecular formula is C35H48N6O9S. The minimum atomic E-state index is -3.90. The van der Waals surface area contributed by atoms with Gasteiger partial charge in [0.25, 0.3) is 5.91 Å². The number of amides is 5. The van der Waals surface area contributed by atoms with E-state index in [-0.39, 0.29) is 25.3 Å². The number of sulfonamides is 1. The van der Waals surface area contributed by atoms with E-state index in [0.717, 1.165) is 5.39 Å². The number of hydrogen-bond acceptors (Lipinski definition) is 10. The third kappa shape index (κ3) is 8.22. The topological polar surface area (TPSA) is 194 Å². The monoisotopic (exact) mass is 728 g/mol. The molecule has 0 bridgehead atoms. The molecule has 2 aromatic rings. The predicted molar refractivity (Wildman–Crippen MR) is 188 cm³/mol. The molecule has 5 amide bonds. The normalized spacial score (nSPS) is 24.2. The number of aromatic nitrogens is 1. The van der Waals surface area contributed by atoms with Crippen LogP contribution < -0.4 is 30.1 Å². The average molecular weight is 729 g/mol. The lowest BCUT2D eigenvalue weighted by Gasteiger charge is -2.33. The minimum absolute atomic E-state index is 0.00572. The molecular weight excluding hydrogens is 680 g/mol. The first-order valence-corrected chi connectivity index (χ1v) is 18.6. The molecule has 2 saturated carbocycles. The van der Waals surface area contributed by atoms with Gasteiger partial charge in [-0.3, -0.25) is 19.1 Å². The third-order valence-electron chi connectivity index (χ3n) is 10.0. The summed E-state index contributed by atoms with van der Waals surface area (Å²) in [5.74, 6) is -1.75. The van der Waals surface area contributed by atoms with Gasteiger partial charge in [0, 0.05) is 36.6 Å². The Morgan fingerprint density at radius 2 is 1.90 bits per heavy atom. The molecule has 1 saturated heterocycles. The van der Waals surface area contributed by atoms with Gasteiger partial charge in [0.2, 0.25) is 27.7 Å². The molecule has 3 fully saturated rings. The van der Waals surface area contributed by atoms with Crippen molar-refractivity contribution in [1.29, 1.82) is 0 Å². The fourth-order valence-corrected chi connectivity index (χ4v) is 7.53. The fourth-order valence-electron chi connectivity index (χ4n) is 6.17. The highest BCUT2D eigenvalue weighted by Gasteiger charge is 2.62. The van der Waals surface area contributed by atoms with E-state index in [1.54, 1.807) is 38.4 Å². The van der Waals surface area contributed by atoms with Gasteiger partial charge in [0.1, 0.15) is 29.5 Å². The summed E-state index contributed by atoms with van der Waals surface area (Å²) in [6.07, 6.45) is 3.22. The maximum atomic E-state index is 14.4. The molecule has 5 rings (SSSR count). The zero-order valence-electron chi connectivity index (χ0n) is 29.9. The molecule has 15 nitrogen and oxygen atoms in total. The van der Waals surface area contributed by atoms with Crippen molar-refractivity contribution in [1.82, 2.24) is 30.6 Å². The smallest absolute Gasteiger partial charge is 0.315 e. The number of urea groups is 1. The maximum absolute atomic E-state index is 14.4. The number of ether oxygens (including phenoxy) is 3. The standard InChI is InChI=1S/C35H48N6O9S/c1-8-22-18-35(22,32(44)40-51(46,47)25-11-12-25)38-29(42)27-17-24(50-30-26-13-10-23(49-7)16-21(26)14-15-36-30)19-41(27)31(43)28(20(3)48-6)37-33(45)39-34(4,5)9-2/h8,10,13-16,20,22,24-25,27-28H,1,9,11-12,17-19H2,2-7H3,(H,38,42)(H,40,44)(H2,37,39,45)/t20-,22+,24+,27-,28?,35+/m0/s1. The number of carbonyl (C=O) groups excluding carboxylic acids is 4. The Hall–Kier alpha value is -4.44. The van der Waals surface area contributed by atoms with Crippen molar-refractivity contribution in [2.45, 2.75) is 100 Å². The summed E-state index contributed by atoms with van der Waals surface area (Å²) in [7, 11) is -0.932. The van der Waals surface area contributed by atoms with E-state index in [1.807, 2.05) is 26.8 Å². The van der Waals surface area contributed by atoms with E-state index in [4.69, 9.17) is 14.2 Å². The maximum Gasteiger partial charge on any atom is 0.315 e. The van der Waals surface area contributed by atoms with Crippen LogP contribution in [-0.4, -0.2) is 103 Å². The summed E-state index contributed by atoms with van der Waals surface area (Å²) < 4.78 is 44.7. The van der Waals surface area contributed by atoms with Crippen molar-refractivity contribution in [3.05, 3.63) is 43.1 Å². The number of nitrogens with one attached hydrogen (secondary N) is 4. The lowest BCUT2D eigenvalue weighted by Crippen LogP contribution is -2.61. The van der Waals surface area contributed by atoms with Crippen molar-refractivity contribution in [3.8, 4) is 11.6 Å². The number of carbonyl (C=O) groups is 4. The number of hydrogen-bond donors (Lipinski definition) is 4. The van der Waals surface area contributed by atoms with Crippen LogP contribution in [0.4, 0.5) is 4.79 Å². The van der Waals surface area contributed by atoms with Gasteiger partial charge in [-0.2, -0.15) is 0 Å². The molecule has 4 N–H and O–H groups in total. The van der Waals surface area contributed by atoms with Crippen LogP contribution in [0.2, 0.25) is 0 Å².